The molecule has 1 N–H and O–H groups in total. The molecule has 100 valence electrons. The minimum Gasteiger partial charge on any atom is -0.464 e. The Hall–Kier alpha value is -1.95. The molecule has 0 bridgehead atoms. The van der Waals surface area contributed by atoms with Gasteiger partial charge in [0.15, 0.2) is 17.2 Å². The highest BCUT2D eigenvalue weighted by Gasteiger charge is 2.18. The van der Waals surface area contributed by atoms with Crippen LogP contribution in [0.4, 0.5) is 0 Å². The van der Waals surface area contributed by atoms with Crippen LogP contribution in [0, 0.1) is 0 Å². The van der Waals surface area contributed by atoms with Crippen LogP contribution in [0.1, 0.15) is 35.6 Å². The lowest BCUT2D eigenvalue weighted by atomic mass is 9.93. The highest BCUT2D eigenvalue weighted by molar-refractivity contribution is 5.88. The van der Waals surface area contributed by atoms with Crippen LogP contribution in [-0.2, 0) is 11.3 Å². The summed E-state index contributed by atoms with van der Waals surface area (Å²) >= 11 is 0. The lowest BCUT2D eigenvalue weighted by Crippen LogP contribution is -2.34. The van der Waals surface area contributed by atoms with Gasteiger partial charge in [-0.2, -0.15) is 0 Å². The van der Waals surface area contributed by atoms with E-state index in [9.17, 15) is 4.79 Å². The van der Waals surface area contributed by atoms with Crippen LogP contribution in [0.5, 0.6) is 0 Å². The molecule has 0 spiro atoms. The van der Waals surface area contributed by atoms with E-state index in [-0.39, 0.29) is 0 Å². The van der Waals surface area contributed by atoms with Crippen molar-refractivity contribution < 1.29 is 9.53 Å². The largest absolute Gasteiger partial charge is 0.464 e. The highest BCUT2D eigenvalue weighted by atomic mass is 16.5. The van der Waals surface area contributed by atoms with Gasteiger partial charge in [-0.3, -0.25) is 0 Å². The number of fused-ring (bicyclic) bond motifs is 1. The zero-order chi connectivity index (χ0) is 13.2. The average Bonchev–Trinajstić information content (AvgIpc) is 2.78. The van der Waals surface area contributed by atoms with Crippen molar-refractivity contribution in [2.45, 2.75) is 31.8 Å². The molecule has 0 unspecified atom stereocenters. The van der Waals surface area contributed by atoms with Crippen molar-refractivity contribution in [3.63, 3.8) is 0 Å². The van der Waals surface area contributed by atoms with E-state index < -0.39 is 5.97 Å². The van der Waals surface area contributed by atoms with Crippen molar-refractivity contribution >= 4 is 11.6 Å². The number of aromatic nitrogens is 3. The van der Waals surface area contributed by atoms with Crippen LogP contribution in [0.25, 0.3) is 5.65 Å². The summed E-state index contributed by atoms with van der Waals surface area (Å²) < 4.78 is 6.27. The molecule has 0 aliphatic heterocycles. The van der Waals surface area contributed by atoms with Crippen molar-refractivity contribution in [2.24, 2.45) is 0 Å². The molecule has 0 radical (unpaired) electrons. The van der Waals surface area contributed by atoms with Gasteiger partial charge in [0.25, 0.3) is 0 Å². The normalized spacial score (nSPS) is 15.4. The van der Waals surface area contributed by atoms with Crippen LogP contribution in [0.2, 0.25) is 0 Å². The van der Waals surface area contributed by atoms with E-state index >= 15 is 0 Å². The number of nitrogens with one attached hydrogen (secondary N) is 1. The molecular weight excluding hydrogens is 244 g/mol. The zero-order valence-corrected chi connectivity index (χ0v) is 10.8. The molecule has 19 heavy (non-hydrogen) atoms. The minimum atomic E-state index is -0.408. The molecule has 2 heterocycles. The number of hydrogen-bond acceptors (Lipinski definition) is 5. The van der Waals surface area contributed by atoms with Gasteiger partial charge in [-0.1, -0.05) is 12.5 Å². The number of ether oxygens (including phenoxy) is 1. The first-order valence-electron chi connectivity index (χ1n) is 6.44. The van der Waals surface area contributed by atoms with E-state index in [1.807, 2.05) is 6.07 Å². The maximum atomic E-state index is 11.6. The summed E-state index contributed by atoms with van der Waals surface area (Å²) in [5.74, 6) is 0.289. The van der Waals surface area contributed by atoms with Crippen LogP contribution in [-0.4, -0.2) is 33.7 Å². The summed E-state index contributed by atoms with van der Waals surface area (Å²) in [7, 11) is 1.36. The van der Waals surface area contributed by atoms with E-state index in [2.05, 4.69) is 15.4 Å². The molecule has 2 aromatic rings. The summed E-state index contributed by atoms with van der Waals surface area (Å²) in [5.41, 5.74) is 1.05. The van der Waals surface area contributed by atoms with Gasteiger partial charge < -0.3 is 10.1 Å². The van der Waals surface area contributed by atoms with Gasteiger partial charge in [-0.15, -0.1) is 5.10 Å². The van der Waals surface area contributed by atoms with E-state index in [1.54, 1.807) is 12.1 Å². The fourth-order valence-electron chi connectivity index (χ4n) is 2.13. The Morgan fingerprint density at radius 1 is 1.53 bits per heavy atom. The molecule has 0 atom stereocenters. The number of carbonyl (C=O) groups excluding carboxylic acids is 1. The molecule has 1 saturated carbocycles. The van der Waals surface area contributed by atoms with Crippen LogP contribution < -0.4 is 5.32 Å². The van der Waals surface area contributed by atoms with Crippen molar-refractivity contribution in [3.8, 4) is 0 Å². The smallest absolute Gasteiger partial charge is 0.356 e. The predicted molar refractivity (Wildman–Crippen MR) is 68.8 cm³/mol. The summed E-state index contributed by atoms with van der Waals surface area (Å²) in [5, 5.41) is 7.76. The minimum absolute atomic E-state index is 0.391. The lowest BCUT2D eigenvalue weighted by Gasteiger charge is -2.25. The van der Waals surface area contributed by atoms with E-state index in [0.717, 1.165) is 0 Å². The van der Waals surface area contributed by atoms with Gasteiger partial charge in [0.2, 0.25) is 0 Å². The molecule has 6 nitrogen and oxygen atoms in total. The molecule has 0 saturated heterocycles. The fourth-order valence-corrected chi connectivity index (χ4v) is 2.13. The third kappa shape index (κ3) is 2.31. The standard InChI is InChI=1S/C13H16N4O2/c1-19-13(18)10-6-3-7-12-15-11(16-17(10)12)8-14-9-4-2-5-9/h3,6-7,9,14H,2,4-5,8H2,1H3. The Morgan fingerprint density at radius 2 is 2.37 bits per heavy atom. The number of carbonyl (C=O) groups is 1. The lowest BCUT2D eigenvalue weighted by molar-refractivity contribution is 0.0591. The summed E-state index contributed by atoms with van der Waals surface area (Å²) in [4.78, 5) is 16.0. The molecule has 1 fully saturated rings. The molecule has 3 rings (SSSR count). The maximum Gasteiger partial charge on any atom is 0.356 e. The molecule has 2 aromatic heterocycles. The van der Waals surface area contributed by atoms with Crippen LogP contribution in [0.15, 0.2) is 18.2 Å². The number of pyridine rings is 1. The van der Waals surface area contributed by atoms with Crippen molar-refractivity contribution in [2.75, 3.05) is 7.11 Å². The Kier molecular flexibility index (Phi) is 3.16. The van der Waals surface area contributed by atoms with Gasteiger partial charge in [0.1, 0.15) is 0 Å². The quantitative estimate of drug-likeness (QED) is 0.835. The second-order valence-electron chi connectivity index (χ2n) is 4.71. The van der Waals surface area contributed by atoms with Crippen molar-refractivity contribution in [3.05, 3.63) is 29.7 Å². The highest BCUT2D eigenvalue weighted by Crippen LogP contribution is 2.18. The topological polar surface area (TPSA) is 68.5 Å². The second-order valence-corrected chi connectivity index (χ2v) is 4.71. The Morgan fingerprint density at radius 3 is 3.05 bits per heavy atom. The number of hydrogen-bond donors (Lipinski definition) is 1. The Balaban J connectivity index is 1.84. The summed E-state index contributed by atoms with van der Waals surface area (Å²) in [6, 6.07) is 5.87. The zero-order valence-electron chi connectivity index (χ0n) is 10.8. The van der Waals surface area contributed by atoms with E-state index in [4.69, 9.17) is 4.74 Å². The van der Waals surface area contributed by atoms with E-state index in [1.165, 1.54) is 30.9 Å². The van der Waals surface area contributed by atoms with Crippen molar-refractivity contribution in [1.82, 2.24) is 19.9 Å². The van der Waals surface area contributed by atoms with Gasteiger partial charge in [0.05, 0.1) is 13.7 Å². The van der Waals surface area contributed by atoms with Crippen LogP contribution >= 0.6 is 0 Å². The van der Waals surface area contributed by atoms with Crippen molar-refractivity contribution in [1.29, 1.82) is 0 Å². The number of esters is 1. The molecule has 6 heteroatoms. The first-order valence-corrected chi connectivity index (χ1v) is 6.44. The molecule has 1 aliphatic rings. The number of methoxy groups -OCH3 is 1. The molecule has 1 aliphatic carbocycles. The second kappa shape index (κ2) is 4.97. The van der Waals surface area contributed by atoms with Gasteiger partial charge in [0, 0.05) is 6.04 Å². The van der Waals surface area contributed by atoms with Crippen LogP contribution in [0.3, 0.4) is 0 Å². The Labute approximate surface area is 110 Å². The average molecular weight is 260 g/mol. The molecule has 0 aromatic carbocycles. The number of rotatable bonds is 4. The monoisotopic (exact) mass is 260 g/mol. The van der Waals surface area contributed by atoms with Gasteiger partial charge in [-0.25, -0.2) is 14.3 Å². The van der Waals surface area contributed by atoms with E-state index in [0.29, 0.717) is 29.8 Å². The molecule has 0 amide bonds. The summed E-state index contributed by atoms with van der Waals surface area (Å²) in [6.07, 6.45) is 3.74. The predicted octanol–water partition coefficient (Wildman–Crippen LogP) is 1.16. The van der Waals surface area contributed by atoms with Gasteiger partial charge in [-0.05, 0) is 25.0 Å². The SMILES string of the molecule is COC(=O)c1cccc2nc(CNC3CCC3)nn12. The fraction of sp³-hybridized carbons (Fsp3) is 0.462. The third-order valence-corrected chi connectivity index (χ3v) is 3.45. The maximum absolute atomic E-state index is 11.6. The number of nitrogens with zero attached hydrogens (tertiary/aromatic N) is 3. The third-order valence-electron chi connectivity index (χ3n) is 3.45. The summed E-state index contributed by atoms with van der Waals surface area (Å²) in [6.45, 7) is 0.632. The Bertz CT molecular complexity index is 604. The molecular formula is C13H16N4O2. The first-order chi connectivity index (χ1) is 9.28. The van der Waals surface area contributed by atoms with Gasteiger partial charge >= 0.3 is 5.97 Å². The first kappa shape index (κ1) is 12.1.